The monoisotopic (exact) mass is 341 g/mol. The highest BCUT2D eigenvalue weighted by molar-refractivity contribution is 5.84. The number of rotatable bonds is 4. The number of aromatic hydroxyl groups is 2. The molecular formula is C19H23N3O3. The summed E-state index contributed by atoms with van der Waals surface area (Å²) in [6.45, 7) is 6.17. The Morgan fingerprint density at radius 1 is 1.04 bits per heavy atom. The second-order valence-corrected chi connectivity index (χ2v) is 6.39. The summed E-state index contributed by atoms with van der Waals surface area (Å²) in [4.78, 5) is 4.58. The van der Waals surface area contributed by atoms with Crippen LogP contribution in [0, 0.1) is 6.92 Å². The largest absolute Gasteiger partial charge is 0.508 e. The third-order valence-corrected chi connectivity index (χ3v) is 4.54. The van der Waals surface area contributed by atoms with E-state index in [9.17, 15) is 10.2 Å². The van der Waals surface area contributed by atoms with Crippen LogP contribution >= 0.6 is 0 Å². The average Bonchev–Trinajstić information content (AvgIpc) is 2.61. The first-order chi connectivity index (χ1) is 12.1. The Bertz CT molecular complexity index is 751. The van der Waals surface area contributed by atoms with Gasteiger partial charge in [0.25, 0.3) is 0 Å². The smallest absolute Gasteiger partial charge is 0.128 e. The van der Waals surface area contributed by atoms with Gasteiger partial charge in [0.15, 0.2) is 0 Å². The Balaban J connectivity index is 1.65. The lowest BCUT2D eigenvalue weighted by atomic mass is 10.0. The van der Waals surface area contributed by atoms with Crippen molar-refractivity contribution >= 4 is 11.9 Å². The molecule has 6 heteroatoms. The number of anilines is 1. The zero-order valence-corrected chi connectivity index (χ0v) is 14.3. The van der Waals surface area contributed by atoms with E-state index in [1.807, 2.05) is 25.1 Å². The van der Waals surface area contributed by atoms with Gasteiger partial charge in [-0.1, -0.05) is 11.2 Å². The summed E-state index contributed by atoms with van der Waals surface area (Å²) in [5.74, 6) is 0.448. The number of hydrogen-bond donors (Lipinski definition) is 3. The van der Waals surface area contributed by atoms with E-state index in [1.54, 1.807) is 18.2 Å². The first kappa shape index (κ1) is 17.1. The van der Waals surface area contributed by atoms with E-state index >= 15 is 0 Å². The number of phenols is 2. The number of oxime groups is 1. The number of hydrogen-bond acceptors (Lipinski definition) is 6. The van der Waals surface area contributed by atoms with Gasteiger partial charge in [-0.05, 0) is 42.8 Å². The van der Waals surface area contributed by atoms with Crippen molar-refractivity contribution in [2.45, 2.75) is 13.5 Å². The molecule has 0 saturated carbocycles. The predicted octanol–water partition coefficient (Wildman–Crippen LogP) is 2.54. The van der Waals surface area contributed by atoms with Gasteiger partial charge in [0, 0.05) is 49.5 Å². The molecule has 3 rings (SSSR count). The van der Waals surface area contributed by atoms with Crippen molar-refractivity contribution in [1.29, 1.82) is 0 Å². The van der Waals surface area contributed by atoms with Crippen LogP contribution in [0.4, 0.5) is 5.69 Å². The van der Waals surface area contributed by atoms with Crippen LogP contribution in [0.15, 0.2) is 41.6 Å². The van der Waals surface area contributed by atoms with Gasteiger partial charge in [-0.3, -0.25) is 4.90 Å². The molecule has 1 fully saturated rings. The maximum Gasteiger partial charge on any atom is 0.128 e. The van der Waals surface area contributed by atoms with Crippen molar-refractivity contribution in [1.82, 2.24) is 4.90 Å². The van der Waals surface area contributed by atoms with E-state index in [0.717, 1.165) is 43.0 Å². The zero-order chi connectivity index (χ0) is 17.8. The van der Waals surface area contributed by atoms with Crippen molar-refractivity contribution in [2.24, 2.45) is 5.16 Å². The lowest BCUT2D eigenvalue weighted by molar-refractivity contribution is 0.246. The summed E-state index contributed by atoms with van der Waals surface area (Å²) < 4.78 is 0. The molecular weight excluding hydrogens is 318 g/mol. The molecule has 132 valence electrons. The third kappa shape index (κ3) is 4.03. The number of aryl methyl sites for hydroxylation is 1. The standard InChI is InChI=1S/C19H23N3O3/c1-14-10-15(12-20-25)19(24)16(11-14)13-21-6-8-22(9-7-21)17-2-4-18(23)5-3-17/h2-5,10-12,23-25H,6-9,13H2,1H3/b20-12+. The van der Waals surface area contributed by atoms with Gasteiger partial charge >= 0.3 is 0 Å². The molecule has 0 radical (unpaired) electrons. The summed E-state index contributed by atoms with van der Waals surface area (Å²) >= 11 is 0. The Morgan fingerprint density at radius 2 is 1.72 bits per heavy atom. The Hall–Kier alpha value is -2.73. The molecule has 0 atom stereocenters. The van der Waals surface area contributed by atoms with Crippen molar-refractivity contribution in [3.05, 3.63) is 53.1 Å². The van der Waals surface area contributed by atoms with E-state index in [2.05, 4.69) is 15.0 Å². The fraction of sp³-hybridized carbons (Fsp3) is 0.316. The lowest BCUT2D eigenvalue weighted by Gasteiger charge is -2.36. The maximum absolute atomic E-state index is 10.4. The number of nitrogens with zero attached hydrogens (tertiary/aromatic N) is 3. The lowest BCUT2D eigenvalue weighted by Crippen LogP contribution is -2.45. The average molecular weight is 341 g/mol. The second-order valence-electron chi connectivity index (χ2n) is 6.39. The minimum Gasteiger partial charge on any atom is -0.508 e. The van der Waals surface area contributed by atoms with E-state index in [0.29, 0.717) is 12.1 Å². The van der Waals surface area contributed by atoms with Crippen LogP contribution in [0.3, 0.4) is 0 Å². The molecule has 0 unspecified atom stereocenters. The summed E-state index contributed by atoms with van der Waals surface area (Å²) in [5.41, 5.74) is 3.50. The van der Waals surface area contributed by atoms with Crippen LogP contribution in [0.2, 0.25) is 0 Å². The van der Waals surface area contributed by atoms with Gasteiger partial charge < -0.3 is 20.3 Å². The molecule has 2 aromatic rings. The van der Waals surface area contributed by atoms with Crippen LogP contribution < -0.4 is 4.90 Å². The van der Waals surface area contributed by atoms with E-state index in [1.165, 1.54) is 6.21 Å². The maximum atomic E-state index is 10.4. The number of phenolic OH excluding ortho intramolecular Hbond substituents is 2. The van der Waals surface area contributed by atoms with Gasteiger partial charge in [0.2, 0.25) is 0 Å². The van der Waals surface area contributed by atoms with Crippen molar-refractivity contribution in [3.8, 4) is 11.5 Å². The molecule has 6 nitrogen and oxygen atoms in total. The molecule has 2 aromatic carbocycles. The molecule has 0 bridgehead atoms. The molecule has 0 spiro atoms. The molecule has 0 amide bonds. The van der Waals surface area contributed by atoms with Gasteiger partial charge in [0.1, 0.15) is 11.5 Å². The van der Waals surface area contributed by atoms with Crippen molar-refractivity contribution in [2.75, 3.05) is 31.1 Å². The van der Waals surface area contributed by atoms with E-state index in [-0.39, 0.29) is 11.5 Å². The Morgan fingerprint density at radius 3 is 2.36 bits per heavy atom. The van der Waals surface area contributed by atoms with Gasteiger partial charge in [-0.25, -0.2) is 0 Å². The minimum absolute atomic E-state index is 0.171. The molecule has 1 aliphatic rings. The third-order valence-electron chi connectivity index (χ3n) is 4.54. The molecule has 1 heterocycles. The van der Waals surface area contributed by atoms with Crippen LogP contribution in [0.5, 0.6) is 11.5 Å². The Kier molecular flexibility index (Phi) is 5.09. The predicted molar refractivity (Wildman–Crippen MR) is 97.8 cm³/mol. The highest BCUT2D eigenvalue weighted by atomic mass is 16.4. The second kappa shape index (κ2) is 7.44. The van der Waals surface area contributed by atoms with Crippen LogP contribution in [-0.4, -0.2) is 52.7 Å². The molecule has 0 aliphatic carbocycles. The van der Waals surface area contributed by atoms with E-state index in [4.69, 9.17) is 5.21 Å². The molecule has 0 aromatic heterocycles. The van der Waals surface area contributed by atoms with E-state index < -0.39 is 0 Å². The molecule has 1 saturated heterocycles. The molecule has 25 heavy (non-hydrogen) atoms. The van der Waals surface area contributed by atoms with Gasteiger partial charge in [-0.2, -0.15) is 0 Å². The van der Waals surface area contributed by atoms with Gasteiger partial charge in [0.05, 0.1) is 6.21 Å². The molecule has 3 N–H and O–H groups in total. The number of benzene rings is 2. The molecule has 1 aliphatic heterocycles. The Labute approximate surface area is 147 Å². The SMILES string of the molecule is Cc1cc(/C=N/O)c(O)c(CN2CCN(c3ccc(O)cc3)CC2)c1. The fourth-order valence-corrected chi connectivity index (χ4v) is 3.23. The summed E-state index contributed by atoms with van der Waals surface area (Å²) in [6.07, 6.45) is 1.26. The van der Waals surface area contributed by atoms with Crippen molar-refractivity contribution < 1.29 is 15.4 Å². The van der Waals surface area contributed by atoms with Gasteiger partial charge in [-0.15, -0.1) is 0 Å². The van der Waals surface area contributed by atoms with Crippen LogP contribution in [-0.2, 0) is 6.54 Å². The topological polar surface area (TPSA) is 79.5 Å². The first-order valence-corrected chi connectivity index (χ1v) is 8.33. The number of piperazine rings is 1. The normalized spacial score (nSPS) is 15.8. The summed E-state index contributed by atoms with van der Waals surface area (Å²) in [7, 11) is 0. The van der Waals surface area contributed by atoms with Crippen molar-refractivity contribution in [3.63, 3.8) is 0 Å². The minimum atomic E-state index is 0.171. The fourth-order valence-electron chi connectivity index (χ4n) is 3.23. The summed E-state index contributed by atoms with van der Waals surface area (Å²) in [5, 5.41) is 31.5. The highest BCUT2D eigenvalue weighted by Crippen LogP contribution is 2.26. The van der Waals surface area contributed by atoms with Crippen LogP contribution in [0.25, 0.3) is 0 Å². The summed E-state index contributed by atoms with van der Waals surface area (Å²) in [6, 6.07) is 11.0. The quantitative estimate of drug-likeness (QED) is 0.452. The highest BCUT2D eigenvalue weighted by Gasteiger charge is 2.19. The first-order valence-electron chi connectivity index (χ1n) is 8.33. The zero-order valence-electron chi connectivity index (χ0n) is 14.3. The van der Waals surface area contributed by atoms with Crippen LogP contribution in [0.1, 0.15) is 16.7 Å².